The highest BCUT2D eigenvalue weighted by Crippen LogP contribution is 2.39. The third-order valence-electron chi connectivity index (χ3n) is 2.97. The van der Waals surface area contributed by atoms with Crippen molar-refractivity contribution < 1.29 is 9.26 Å². The van der Waals surface area contributed by atoms with E-state index < -0.39 is 5.54 Å². The van der Waals surface area contributed by atoms with E-state index in [9.17, 15) is 0 Å². The predicted molar refractivity (Wildman–Crippen MR) is 58.9 cm³/mol. The van der Waals surface area contributed by atoms with Crippen LogP contribution in [0.2, 0.25) is 0 Å². The van der Waals surface area contributed by atoms with Crippen molar-refractivity contribution in [2.24, 2.45) is 5.73 Å². The smallest absolute Gasteiger partial charge is 0.229 e. The molecule has 5 heteroatoms. The van der Waals surface area contributed by atoms with E-state index in [2.05, 4.69) is 10.1 Å². The van der Waals surface area contributed by atoms with Crippen LogP contribution in [0.25, 0.3) is 0 Å². The fourth-order valence-corrected chi connectivity index (χ4v) is 1.96. The number of nitrogens with two attached hydrogens (primary N) is 1. The molecule has 0 atom stereocenters. The molecule has 2 rings (SSSR count). The fraction of sp³-hybridized carbons (Fsp3) is 0.818. The molecule has 5 nitrogen and oxygen atoms in total. The van der Waals surface area contributed by atoms with Gasteiger partial charge in [-0.25, -0.2) is 0 Å². The average Bonchev–Trinajstić information content (AvgIpc) is 2.64. The summed E-state index contributed by atoms with van der Waals surface area (Å²) in [5.41, 5.74) is 5.75. The second kappa shape index (κ2) is 4.14. The summed E-state index contributed by atoms with van der Waals surface area (Å²) in [4.78, 5) is 4.34. The molecule has 1 saturated carbocycles. The lowest BCUT2D eigenvalue weighted by Gasteiger charge is -2.41. The lowest BCUT2D eigenvalue weighted by Crippen LogP contribution is -2.53. The minimum atomic E-state index is -0.448. The molecule has 1 aliphatic rings. The van der Waals surface area contributed by atoms with Crippen LogP contribution in [0.4, 0.5) is 0 Å². The van der Waals surface area contributed by atoms with E-state index in [1.54, 1.807) is 0 Å². The van der Waals surface area contributed by atoms with Crippen molar-refractivity contribution in [3.05, 3.63) is 11.7 Å². The van der Waals surface area contributed by atoms with Gasteiger partial charge in [0.2, 0.25) is 5.89 Å². The Morgan fingerprint density at radius 3 is 2.75 bits per heavy atom. The van der Waals surface area contributed by atoms with Gasteiger partial charge in [0.05, 0.1) is 11.6 Å². The van der Waals surface area contributed by atoms with Gasteiger partial charge < -0.3 is 15.0 Å². The van der Waals surface area contributed by atoms with Gasteiger partial charge in [-0.05, 0) is 19.8 Å². The first kappa shape index (κ1) is 11.5. The van der Waals surface area contributed by atoms with E-state index >= 15 is 0 Å². The number of aromatic nitrogens is 2. The predicted octanol–water partition coefficient (Wildman–Crippen LogP) is 1.55. The summed E-state index contributed by atoms with van der Waals surface area (Å²) in [6.07, 6.45) is 1.80. The van der Waals surface area contributed by atoms with Gasteiger partial charge in [-0.3, -0.25) is 0 Å². The molecule has 1 fully saturated rings. The summed E-state index contributed by atoms with van der Waals surface area (Å²) < 4.78 is 10.6. The maximum absolute atomic E-state index is 6.19. The van der Waals surface area contributed by atoms with Gasteiger partial charge in [0.1, 0.15) is 0 Å². The monoisotopic (exact) mass is 225 g/mol. The zero-order valence-electron chi connectivity index (χ0n) is 10.1. The van der Waals surface area contributed by atoms with Crippen molar-refractivity contribution in [3.63, 3.8) is 0 Å². The van der Waals surface area contributed by atoms with E-state index in [4.69, 9.17) is 15.0 Å². The van der Waals surface area contributed by atoms with E-state index in [-0.39, 0.29) is 12.0 Å². The van der Waals surface area contributed by atoms with Gasteiger partial charge >= 0.3 is 0 Å². The van der Waals surface area contributed by atoms with Crippen LogP contribution in [-0.4, -0.2) is 22.9 Å². The minimum absolute atomic E-state index is 0.243. The fourth-order valence-electron chi connectivity index (χ4n) is 1.96. The lowest BCUT2D eigenvalue weighted by atomic mass is 9.74. The molecule has 0 unspecified atom stereocenters. The molecule has 0 aliphatic heterocycles. The summed E-state index contributed by atoms with van der Waals surface area (Å²) in [6, 6.07) is 0. The topological polar surface area (TPSA) is 74.2 Å². The first-order valence-electron chi connectivity index (χ1n) is 5.79. The Balaban J connectivity index is 2.02. The SMILES string of the molecule is CCOC1CC(N)(c2noc(C(C)C)n2)C1. The molecule has 90 valence electrons. The van der Waals surface area contributed by atoms with Gasteiger partial charge in [0.15, 0.2) is 5.82 Å². The van der Waals surface area contributed by atoms with Gasteiger partial charge in [-0.1, -0.05) is 19.0 Å². The summed E-state index contributed by atoms with van der Waals surface area (Å²) in [6.45, 7) is 6.75. The molecule has 16 heavy (non-hydrogen) atoms. The Bertz CT molecular complexity index is 356. The second-order valence-electron chi connectivity index (χ2n) is 4.75. The first-order chi connectivity index (χ1) is 7.55. The van der Waals surface area contributed by atoms with E-state index in [1.807, 2.05) is 20.8 Å². The number of nitrogens with zero attached hydrogens (tertiary/aromatic N) is 2. The minimum Gasteiger partial charge on any atom is -0.378 e. The average molecular weight is 225 g/mol. The van der Waals surface area contributed by atoms with Crippen LogP contribution in [-0.2, 0) is 10.3 Å². The number of ether oxygens (including phenoxy) is 1. The van der Waals surface area contributed by atoms with Crippen LogP contribution in [0.5, 0.6) is 0 Å². The van der Waals surface area contributed by atoms with Gasteiger partial charge in [0, 0.05) is 12.5 Å². The van der Waals surface area contributed by atoms with Crippen LogP contribution in [0.15, 0.2) is 4.52 Å². The zero-order chi connectivity index (χ0) is 11.8. The highest BCUT2D eigenvalue weighted by atomic mass is 16.5. The number of hydrogen-bond donors (Lipinski definition) is 1. The quantitative estimate of drug-likeness (QED) is 0.841. The van der Waals surface area contributed by atoms with Gasteiger partial charge in [0.25, 0.3) is 0 Å². The third kappa shape index (κ3) is 1.97. The van der Waals surface area contributed by atoms with Crippen LogP contribution in [0.3, 0.4) is 0 Å². The molecule has 0 aromatic carbocycles. The van der Waals surface area contributed by atoms with E-state index in [0.717, 1.165) is 19.4 Å². The first-order valence-corrected chi connectivity index (χ1v) is 5.79. The Kier molecular flexibility index (Phi) is 2.99. The Hall–Kier alpha value is -0.940. The second-order valence-corrected chi connectivity index (χ2v) is 4.75. The summed E-state index contributed by atoms with van der Waals surface area (Å²) in [5, 5.41) is 3.96. The molecule has 1 aromatic rings. The number of hydrogen-bond acceptors (Lipinski definition) is 5. The molecule has 0 radical (unpaired) electrons. The highest BCUT2D eigenvalue weighted by Gasteiger charge is 2.46. The normalized spacial score (nSPS) is 29.4. The van der Waals surface area contributed by atoms with Crippen molar-refractivity contribution in [2.75, 3.05) is 6.61 Å². The van der Waals surface area contributed by atoms with Crippen molar-refractivity contribution in [1.29, 1.82) is 0 Å². The van der Waals surface area contributed by atoms with Crippen LogP contribution >= 0.6 is 0 Å². The molecule has 1 heterocycles. The maximum atomic E-state index is 6.19. The number of rotatable bonds is 4. The van der Waals surface area contributed by atoms with Crippen molar-refractivity contribution in [3.8, 4) is 0 Å². The Morgan fingerprint density at radius 2 is 2.25 bits per heavy atom. The molecular formula is C11H19N3O2. The largest absolute Gasteiger partial charge is 0.378 e. The van der Waals surface area contributed by atoms with Crippen molar-refractivity contribution >= 4 is 0 Å². The molecule has 0 bridgehead atoms. The summed E-state index contributed by atoms with van der Waals surface area (Å²) in [5.74, 6) is 1.51. The molecule has 1 aliphatic carbocycles. The molecule has 0 amide bonds. The molecule has 2 N–H and O–H groups in total. The molecule has 1 aromatic heterocycles. The van der Waals surface area contributed by atoms with Crippen LogP contribution in [0.1, 0.15) is 51.2 Å². The van der Waals surface area contributed by atoms with Crippen LogP contribution < -0.4 is 5.73 Å². The van der Waals surface area contributed by atoms with Gasteiger partial charge in [-0.2, -0.15) is 4.98 Å². The maximum Gasteiger partial charge on any atom is 0.229 e. The van der Waals surface area contributed by atoms with Crippen LogP contribution in [0, 0.1) is 0 Å². The zero-order valence-corrected chi connectivity index (χ0v) is 10.1. The Labute approximate surface area is 95.3 Å². The lowest BCUT2D eigenvalue weighted by molar-refractivity contribution is -0.0426. The van der Waals surface area contributed by atoms with Crippen molar-refractivity contribution in [1.82, 2.24) is 10.1 Å². The third-order valence-corrected chi connectivity index (χ3v) is 2.97. The van der Waals surface area contributed by atoms with Crippen molar-refractivity contribution in [2.45, 2.75) is 51.2 Å². The molecule has 0 saturated heterocycles. The summed E-state index contributed by atoms with van der Waals surface area (Å²) >= 11 is 0. The summed E-state index contributed by atoms with van der Waals surface area (Å²) in [7, 11) is 0. The van der Waals surface area contributed by atoms with E-state index in [0.29, 0.717) is 11.7 Å². The standard InChI is InChI=1S/C11H19N3O2/c1-4-15-8-5-11(12,6-8)10-13-9(7(2)3)16-14-10/h7-8H,4-6,12H2,1-3H3. The molecular weight excluding hydrogens is 206 g/mol. The Morgan fingerprint density at radius 1 is 1.56 bits per heavy atom. The highest BCUT2D eigenvalue weighted by molar-refractivity contribution is 5.12. The van der Waals surface area contributed by atoms with Gasteiger partial charge in [-0.15, -0.1) is 0 Å². The van der Waals surface area contributed by atoms with E-state index in [1.165, 1.54) is 0 Å². The molecule has 0 spiro atoms.